The van der Waals surface area contributed by atoms with Gasteiger partial charge in [-0.2, -0.15) is 0 Å². The molecule has 0 aliphatic carbocycles. The van der Waals surface area contributed by atoms with Crippen LogP contribution in [0.2, 0.25) is 0 Å². The van der Waals surface area contributed by atoms with Crippen molar-refractivity contribution in [3.8, 4) is 0 Å². The van der Waals surface area contributed by atoms with E-state index in [9.17, 15) is 9.59 Å². The third-order valence-corrected chi connectivity index (χ3v) is 2.73. The zero-order valence-corrected chi connectivity index (χ0v) is 10.2. The number of rotatable bonds is 5. The summed E-state index contributed by atoms with van der Waals surface area (Å²) in [4.78, 5) is 24.7. The summed E-state index contributed by atoms with van der Waals surface area (Å²) in [5, 5.41) is 0. The maximum atomic E-state index is 11.7. The van der Waals surface area contributed by atoms with Gasteiger partial charge in [-0.25, -0.2) is 4.79 Å². The van der Waals surface area contributed by atoms with Crippen molar-refractivity contribution in [1.29, 1.82) is 0 Å². The highest BCUT2D eigenvalue weighted by molar-refractivity contribution is 5.99. The molecular weight excluding hydrogens is 220 g/mol. The molecule has 1 rings (SSSR count). The van der Waals surface area contributed by atoms with Gasteiger partial charge in [0.05, 0.1) is 13.2 Å². The van der Waals surface area contributed by atoms with Crippen molar-refractivity contribution in [2.45, 2.75) is 31.8 Å². The maximum Gasteiger partial charge on any atom is 0.354 e. The lowest BCUT2D eigenvalue weighted by Gasteiger charge is -2.45. The second kappa shape index (κ2) is 5.63. The summed E-state index contributed by atoms with van der Waals surface area (Å²) >= 11 is 0. The van der Waals surface area contributed by atoms with Crippen LogP contribution in [-0.2, 0) is 14.3 Å². The minimum absolute atomic E-state index is 0.197. The minimum atomic E-state index is -0.557. The molecule has 1 heterocycles. The van der Waals surface area contributed by atoms with Gasteiger partial charge in [0.1, 0.15) is 11.7 Å². The average molecular weight is 238 g/mol. The van der Waals surface area contributed by atoms with E-state index in [4.69, 9.17) is 5.73 Å². The van der Waals surface area contributed by atoms with Crippen LogP contribution in [0.4, 0.5) is 0 Å². The maximum absolute atomic E-state index is 11.7. The van der Waals surface area contributed by atoms with Gasteiger partial charge in [-0.15, -0.1) is 6.58 Å². The molecule has 17 heavy (non-hydrogen) atoms. The molecule has 0 unspecified atom stereocenters. The summed E-state index contributed by atoms with van der Waals surface area (Å²) in [6, 6.07) is -0.755. The number of methoxy groups -OCH3 is 1. The van der Waals surface area contributed by atoms with Crippen LogP contribution in [0.1, 0.15) is 19.8 Å². The first-order valence-corrected chi connectivity index (χ1v) is 5.56. The van der Waals surface area contributed by atoms with Crippen molar-refractivity contribution in [1.82, 2.24) is 4.90 Å². The number of carbonyl (C=O) groups is 2. The van der Waals surface area contributed by atoms with Crippen molar-refractivity contribution >= 4 is 11.9 Å². The minimum Gasteiger partial charge on any atom is -0.464 e. The number of nitrogens with two attached hydrogens (primary N) is 1. The first-order chi connectivity index (χ1) is 8.08. The fraction of sp³-hybridized carbons (Fsp3) is 0.500. The SMILES string of the molecule is C=CC[C@@H]1[C@@H](N)C(=O)N1/C(=C\CC)C(=O)OC. The molecule has 0 aromatic rings. The molecule has 0 radical (unpaired) electrons. The van der Waals surface area contributed by atoms with Crippen LogP contribution in [-0.4, -0.2) is 36.0 Å². The summed E-state index contributed by atoms with van der Waals surface area (Å²) in [7, 11) is 1.29. The lowest BCUT2D eigenvalue weighted by Crippen LogP contribution is -2.68. The summed E-state index contributed by atoms with van der Waals surface area (Å²) in [5.41, 5.74) is 5.97. The van der Waals surface area contributed by atoms with E-state index in [1.165, 1.54) is 12.0 Å². The van der Waals surface area contributed by atoms with Gasteiger partial charge in [0, 0.05) is 0 Å². The van der Waals surface area contributed by atoms with Gasteiger partial charge in [0.2, 0.25) is 5.91 Å². The van der Waals surface area contributed by atoms with E-state index in [1.807, 2.05) is 6.92 Å². The number of amides is 1. The van der Waals surface area contributed by atoms with Gasteiger partial charge < -0.3 is 10.5 Å². The molecule has 0 aromatic carbocycles. The van der Waals surface area contributed by atoms with Crippen LogP contribution in [0.25, 0.3) is 0 Å². The van der Waals surface area contributed by atoms with E-state index in [-0.39, 0.29) is 17.6 Å². The third kappa shape index (κ3) is 2.39. The van der Waals surface area contributed by atoms with Crippen LogP contribution < -0.4 is 5.73 Å². The van der Waals surface area contributed by atoms with Crippen LogP contribution in [0.15, 0.2) is 24.4 Å². The highest BCUT2D eigenvalue weighted by atomic mass is 16.5. The fourth-order valence-electron chi connectivity index (χ4n) is 1.87. The van der Waals surface area contributed by atoms with Gasteiger partial charge in [0.15, 0.2) is 0 Å². The number of β-lactam (4-membered cyclic amide) rings is 1. The van der Waals surface area contributed by atoms with Gasteiger partial charge in [-0.05, 0) is 12.8 Å². The molecule has 1 saturated heterocycles. The smallest absolute Gasteiger partial charge is 0.354 e. The number of nitrogens with zero attached hydrogens (tertiary/aromatic N) is 1. The number of esters is 1. The van der Waals surface area contributed by atoms with Gasteiger partial charge in [-0.1, -0.05) is 19.1 Å². The van der Waals surface area contributed by atoms with E-state index in [1.54, 1.807) is 12.2 Å². The number of allylic oxidation sites excluding steroid dienone is 1. The largest absolute Gasteiger partial charge is 0.464 e. The predicted molar refractivity (Wildman–Crippen MR) is 63.8 cm³/mol. The Morgan fingerprint density at radius 2 is 2.29 bits per heavy atom. The lowest BCUT2D eigenvalue weighted by atomic mass is 9.91. The molecule has 0 spiro atoms. The molecule has 1 aliphatic heterocycles. The van der Waals surface area contributed by atoms with E-state index >= 15 is 0 Å². The Morgan fingerprint density at radius 3 is 2.76 bits per heavy atom. The highest BCUT2D eigenvalue weighted by Crippen LogP contribution is 2.27. The van der Waals surface area contributed by atoms with Gasteiger partial charge in [0.25, 0.3) is 0 Å². The summed E-state index contributed by atoms with van der Waals surface area (Å²) in [5.74, 6) is -0.761. The standard InChI is InChI=1S/C12H18N2O3/c1-4-6-8-10(13)11(15)14(8)9(7-5-2)12(16)17-3/h4,7-8,10H,1,5-6,13H2,2-3H3/b9-7-/t8-,10-/m1/s1. The molecule has 2 atom stereocenters. The summed E-state index contributed by atoms with van der Waals surface area (Å²) in [6.07, 6.45) is 4.56. The van der Waals surface area contributed by atoms with Crippen molar-refractivity contribution in [2.24, 2.45) is 5.73 Å². The molecular formula is C12H18N2O3. The van der Waals surface area contributed by atoms with E-state index < -0.39 is 12.0 Å². The Labute approximate surface area is 101 Å². The number of hydrogen-bond donors (Lipinski definition) is 1. The summed E-state index contributed by atoms with van der Waals surface area (Å²) in [6.45, 7) is 5.50. The normalized spacial score (nSPS) is 24.3. The Balaban J connectivity index is 2.94. The quantitative estimate of drug-likeness (QED) is 0.329. The van der Waals surface area contributed by atoms with Crippen LogP contribution in [0.3, 0.4) is 0 Å². The highest BCUT2D eigenvalue weighted by Gasteiger charge is 2.47. The van der Waals surface area contributed by atoms with Crippen LogP contribution in [0, 0.1) is 0 Å². The van der Waals surface area contributed by atoms with E-state index in [2.05, 4.69) is 11.3 Å². The third-order valence-electron chi connectivity index (χ3n) is 2.73. The Hall–Kier alpha value is -1.62. The van der Waals surface area contributed by atoms with Crippen molar-refractivity contribution in [3.05, 3.63) is 24.4 Å². The van der Waals surface area contributed by atoms with Gasteiger partial charge >= 0.3 is 5.97 Å². The molecule has 0 saturated carbocycles. The molecule has 2 N–H and O–H groups in total. The first kappa shape index (κ1) is 13.4. The monoisotopic (exact) mass is 238 g/mol. The zero-order chi connectivity index (χ0) is 13.0. The van der Waals surface area contributed by atoms with Crippen molar-refractivity contribution < 1.29 is 14.3 Å². The van der Waals surface area contributed by atoms with E-state index in [0.29, 0.717) is 12.8 Å². The molecule has 0 bridgehead atoms. The molecule has 1 amide bonds. The second-order valence-corrected chi connectivity index (χ2v) is 3.81. The van der Waals surface area contributed by atoms with Crippen molar-refractivity contribution in [2.75, 3.05) is 7.11 Å². The van der Waals surface area contributed by atoms with Gasteiger partial charge in [-0.3, -0.25) is 9.69 Å². The predicted octanol–water partition coefficient (Wildman–Crippen LogP) is 0.567. The second-order valence-electron chi connectivity index (χ2n) is 3.81. The number of hydrogen-bond acceptors (Lipinski definition) is 4. The van der Waals surface area contributed by atoms with E-state index in [0.717, 1.165) is 0 Å². The van der Waals surface area contributed by atoms with Crippen LogP contribution >= 0.6 is 0 Å². The molecule has 94 valence electrons. The lowest BCUT2D eigenvalue weighted by molar-refractivity contribution is -0.152. The molecule has 1 fully saturated rings. The summed E-state index contributed by atoms with van der Waals surface area (Å²) < 4.78 is 4.66. The topological polar surface area (TPSA) is 72.6 Å². The molecule has 5 nitrogen and oxygen atoms in total. The average Bonchev–Trinajstić information content (AvgIpc) is 2.35. The molecule has 5 heteroatoms. The number of likely N-dealkylation sites (tertiary alicyclic amines) is 1. The Kier molecular flexibility index (Phi) is 4.45. The molecule has 1 aliphatic rings. The number of carbonyl (C=O) groups excluding carboxylic acids is 2. The Bertz CT molecular complexity index is 363. The van der Waals surface area contributed by atoms with Crippen LogP contribution in [0.5, 0.6) is 0 Å². The fourth-order valence-corrected chi connectivity index (χ4v) is 1.87. The Morgan fingerprint density at radius 1 is 1.65 bits per heavy atom. The zero-order valence-electron chi connectivity index (χ0n) is 10.2. The molecule has 0 aromatic heterocycles. The van der Waals surface area contributed by atoms with Crippen molar-refractivity contribution in [3.63, 3.8) is 0 Å². The number of ether oxygens (including phenoxy) is 1. The first-order valence-electron chi connectivity index (χ1n) is 5.56.